The number of aromatic nitrogens is 3. The fraction of sp³-hybridized carbons (Fsp3) is 0.400. The van der Waals surface area contributed by atoms with Crippen molar-refractivity contribution < 1.29 is 9.53 Å². The predicted octanol–water partition coefficient (Wildman–Crippen LogP) is 3.26. The lowest BCUT2D eigenvalue weighted by Crippen LogP contribution is -2.48. The molecule has 0 spiro atoms. The van der Waals surface area contributed by atoms with Gasteiger partial charge in [0.05, 0.1) is 12.4 Å². The van der Waals surface area contributed by atoms with Gasteiger partial charge in [0.1, 0.15) is 11.6 Å². The number of amides is 1. The summed E-state index contributed by atoms with van der Waals surface area (Å²) in [6.45, 7) is 9.02. The predicted molar refractivity (Wildman–Crippen MR) is 129 cm³/mol. The van der Waals surface area contributed by atoms with E-state index in [1.54, 1.807) is 0 Å². The molecule has 0 atom stereocenters. The minimum absolute atomic E-state index is 0.158. The second-order valence-electron chi connectivity index (χ2n) is 8.69. The quantitative estimate of drug-likeness (QED) is 0.523. The van der Waals surface area contributed by atoms with Crippen molar-refractivity contribution in [2.45, 2.75) is 32.0 Å². The molecule has 5 rings (SSSR count). The Morgan fingerprint density at radius 3 is 2.61 bits per heavy atom. The van der Waals surface area contributed by atoms with Gasteiger partial charge < -0.3 is 9.64 Å². The molecule has 2 aromatic carbocycles. The number of aryl methyl sites for hydroxylation is 2. The van der Waals surface area contributed by atoms with E-state index in [2.05, 4.69) is 64.5 Å². The molecule has 1 aromatic heterocycles. The van der Waals surface area contributed by atoms with Crippen molar-refractivity contribution in [2.24, 2.45) is 0 Å². The molecule has 0 N–H and O–H groups in total. The lowest BCUT2D eigenvalue weighted by molar-refractivity contribution is -0.130. The summed E-state index contributed by atoms with van der Waals surface area (Å²) in [5.41, 5.74) is 4.86. The zero-order chi connectivity index (χ0) is 22.8. The Balaban J connectivity index is 1.14. The monoisotopic (exact) mass is 463 g/mol. The Labute approximate surface area is 198 Å². The maximum absolute atomic E-state index is 12.9. The number of hydrogen-bond acceptors (Lipinski definition) is 6. The molecule has 3 heterocycles. The first kappa shape index (κ1) is 22.0. The molecule has 2 aliphatic heterocycles. The van der Waals surface area contributed by atoms with E-state index in [4.69, 9.17) is 4.74 Å². The van der Waals surface area contributed by atoms with E-state index >= 15 is 0 Å². The Morgan fingerprint density at radius 1 is 1.03 bits per heavy atom. The van der Waals surface area contributed by atoms with Crippen LogP contribution in [-0.2, 0) is 17.8 Å². The molecule has 7 nitrogen and oxygen atoms in total. The van der Waals surface area contributed by atoms with Crippen molar-refractivity contribution in [2.75, 3.05) is 38.5 Å². The summed E-state index contributed by atoms with van der Waals surface area (Å²) in [6, 6.07) is 14.8. The van der Waals surface area contributed by atoms with Crippen molar-refractivity contribution in [3.8, 4) is 11.4 Å². The number of carbonyl (C=O) groups excluding carboxylic acids is 1. The molecule has 1 fully saturated rings. The number of fused-ring (bicyclic) bond motifs is 1. The molecule has 8 heteroatoms. The smallest absolute Gasteiger partial charge is 0.233 e. The highest BCUT2D eigenvalue weighted by molar-refractivity contribution is 7.99. The van der Waals surface area contributed by atoms with E-state index in [9.17, 15) is 4.79 Å². The number of carbonyl (C=O) groups is 1. The van der Waals surface area contributed by atoms with E-state index in [1.165, 1.54) is 28.5 Å². The molecule has 1 saturated heterocycles. The van der Waals surface area contributed by atoms with Crippen LogP contribution >= 0.6 is 11.8 Å². The van der Waals surface area contributed by atoms with Gasteiger partial charge in [-0.25, -0.2) is 0 Å². The van der Waals surface area contributed by atoms with Crippen LogP contribution in [0.4, 0.5) is 0 Å². The number of thioether (sulfide) groups is 1. The van der Waals surface area contributed by atoms with Crippen LogP contribution < -0.4 is 4.74 Å². The van der Waals surface area contributed by atoms with Crippen LogP contribution in [0.3, 0.4) is 0 Å². The Kier molecular flexibility index (Phi) is 6.37. The summed E-state index contributed by atoms with van der Waals surface area (Å²) in [5, 5.41) is 9.29. The molecule has 0 aliphatic carbocycles. The molecule has 1 amide bonds. The maximum atomic E-state index is 12.9. The minimum atomic E-state index is 0.158. The van der Waals surface area contributed by atoms with Gasteiger partial charge in [-0.3, -0.25) is 14.3 Å². The lowest BCUT2D eigenvalue weighted by atomic mass is 10.1. The van der Waals surface area contributed by atoms with Crippen LogP contribution in [0.2, 0.25) is 0 Å². The van der Waals surface area contributed by atoms with Gasteiger partial charge in [-0.05, 0) is 43.2 Å². The average Bonchev–Trinajstić information content (AvgIpc) is 3.44. The number of hydrogen-bond donors (Lipinski definition) is 0. The minimum Gasteiger partial charge on any atom is -0.493 e. The molecule has 0 radical (unpaired) electrons. The number of rotatable bonds is 6. The highest BCUT2D eigenvalue weighted by Crippen LogP contribution is 2.27. The van der Waals surface area contributed by atoms with Gasteiger partial charge in [0.2, 0.25) is 5.91 Å². The third kappa shape index (κ3) is 4.91. The second kappa shape index (κ2) is 9.57. The van der Waals surface area contributed by atoms with Gasteiger partial charge in [0.15, 0.2) is 5.16 Å². The molecule has 0 saturated carbocycles. The summed E-state index contributed by atoms with van der Waals surface area (Å²) < 4.78 is 7.62. The van der Waals surface area contributed by atoms with Crippen LogP contribution in [0.5, 0.6) is 5.75 Å². The van der Waals surface area contributed by atoms with Crippen molar-refractivity contribution in [1.29, 1.82) is 0 Å². The molecule has 2 aliphatic rings. The lowest BCUT2D eigenvalue weighted by Gasteiger charge is -2.34. The normalized spacial score (nSPS) is 16.0. The highest BCUT2D eigenvalue weighted by Gasteiger charge is 2.23. The van der Waals surface area contributed by atoms with Gasteiger partial charge in [-0.2, -0.15) is 0 Å². The van der Waals surface area contributed by atoms with E-state index in [1.807, 2.05) is 16.4 Å². The van der Waals surface area contributed by atoms with Gasteiger partial charge in [-0.1, -0.05) is 41.6 Å². The van der Waals surface area contributed by atoms with Crippen molar-refractivity contribution in [1.82, 2.24) is 24.6 Å². The second-order valence-corrected chi connectivity index (χ2v) is 9.63. The summed E-state index contributed by atoms with van der Waals surface area (Å²) in [7, 11) is 0. The fourth-order valence-electron chi connectivity index (χ4n) is 4.40. The van der Waals surface area contributed by atoms with E-state index in [0.717, 1.165) is 68.2 Å². The van der Waals surface area contributed by atoms with E-state index < -0.39 is 0 Å². The molecular formula is C25H29N5O2S. The number of ether oxygens (including phenoxy) is 1. The fourth-order valence-corrected chi connectivity index (χ4v) is 5.30. The van der Waals surface area contributed by atoms with Gasteiger partial charge in [0.25, 0.3) is 0 Å². The van der Waals surface area contributed by atoms with Gasteiger partial charge >= 0.3 is 0 Å². The molecule has 33 heavy (non-hydrogen) atoms. The maximum Gasteiger partial charge on any atom is 0.233 e. The number of nitrogens with zero attached hydrogens (tertiary/aromatic N) is 5. The largest absolute Gasteiger partial charge is 0.493 e. The Morgan fingerprint density at radius 2 is 1.82 bits per heavy atom. The third-order valence-electron chi connectivity index (χ3n) is 6.30. The number of benzene rings is 2. The standard InChI is InChI=1S/C25H29N5O2S/c1-18-3-6-22(7-4-18)30-19(2)26-27-25(30)33-17-24(31)29-12-10-28(11-13-29)16-20-5-8-23-21(15-20)9-14-32-23/h3-8,15H,9-14,16-17H2,1-2H3. The third-order valence-corrected chi connectivity index (χ3v) is 7.21. The van der Waals surface area contributed by atoms with Crippen molar-refractivity contribution in [3.63, 3.8) is 0 Å². The highest BCUT2D eigenvalue weighted by atomic mass is 32.2. The Hall–Kier alpha value is -2.84. The van der Waals surface area contributed by atoms with Gasteiger partial charge in [0, 0.05) is 44.8 Å². The molecular weight excluding hydrogens is 434 g/mol. The first-order chi connectivity index (χ1) is 16.1. The first-order valence-electron chi connectivity index (χ1n) is 11.4. The van der Waals surface area contributed by atoms with E-state index in [-0.39, 0.29) is 5.91 Å². The topological polar surface area (TPSA) is 63.5 Å². The summed E-state index contributed by atoms with van der Waals surface area (Å²) in [4.78, 5) is 17.3. The SMILES string of the molecule is Cc1ccc(-n2c(C)nnc2SCC(=O)N2CCN(Cc3ccc4c(c3)CCO4)CC2)cc1. The summed E-state index contributed by atoms with van der Waals surface area (Å²) in [6.07, 6.45) is 1.00. The summed E-state index contributed by atoms with van der Waals surface area (Å²) >= 11 is 1.46. The zero-order valence-corrected chi connectivity index (χ0v) is 20.0. The molecule has 3 aromatic rings. The molecule has 0 bridgehead atoms. The van der Waals surface area contributed by atoms with Crippen molar-refractivity contribution >= 4 is 17.7 Å². The summed E-state index contributed by atoms with van der Waals surface area (Å²) in [5.74, 6) is 2.38. The zero-order valence-electron chi connectivity index (χ0n) is 19.2. The van der Waals surface area contributed by atoms with Crippen LogP contribution in [-0.4, -0.2) is 69.0 Å². The van der Waals surface area contributed by atoms with Crippen LogP contribution in [0, 0.1) is 13.8 Å². The van der Waals surface area contributed by atoms with Crippen LogP contribution in [0.1, 0.15) is 22.5 Å². The van der Waals surface area contributed by atoms with Crippen LogP contribution in [0.15, 0.2) is 47.6 Å². The van der Waals surface area contributed by atoms with Crippen molar-refractivity contribution in [3.05, 3.63) is 65.0 Å². The number of piperazine rings is 1. The Bertz CT molecular complexity index is 1140. The first-order valence-corrected chi connectivity index (χ1v) is 12.4. The van der Waals surface area contributed by atoms with E-state index in [0.29, 0.717) is 5.75 Å². The van der Waals surface area contributed by atoms with Crippen LogP contribution in [0.25, 0.3) is 5.69 Å². The average molecular weight is 464 g/mol. The van der Waals surface area contributed by atoms with Gasteiger partial charge in [-0.15, -0.1) is 10.2 Å². The molecule has 0 unspecified atom stereocenters. The molecule has 172 valence electrons.